The third-order valence-corrected chi connectivity index (χ3v) is 2.52. The summed E-state index contributed by atoms with van der Waals surface area (Å²) in [6, 6.07) is 5.80. The zero-order chi connectivity index (χ0) is 10.8. The van der Waals surface area contributed by atoms with E-state index < -0.39 is 0 Å². The van der Waals surface area contributed by atoms with E-state index in [0.717, 1.165) is 16.6 Å². The van der Waals surface area contributed by atoms with Crippen molar-refractivity contribution in [2.75, 3.05) is 6.54 Å². The van der Waals surface area contributed by atoms with Gasteiger partial charge in [0.05, 0.1) is 17.2 Å². The monoisotopic (exact) mass is 203 g/mol. The van der Waals surface area contributed by atoms with E-state index in [4.69, 9.17) is 5.73 Å². The smallest absolute Gasteiger partial charge is 0.266 e. The molecule has 1 heterocycles. The van der Waals surface area contributed by atoms with Crippen LogP contribution in [0.1, 0.15) is 18.4 Å². The molecule has 0 amide bonds. The maximum Gasteiger partial charge on any atom is 0.266 e. The van der Waals surface area contributed by atoms with Crippen LogP contribution in [0.5, 0.6) is 0 Å². The van der Waals surface area contributed by atoms with Gasteiger partial charge in [0.15, 0.2) is 0 Å². The molecule has 0 radical (unpaired) electrons. The highest BCUT2D eigenvalue weighted by molar-refractivity contribution is 5.74. The number of nitrogens with one attached hydrogen (secondary N) is 1. The molecule has 0 spiro atoms. The molecule has 15 heavy (non-hydrogen) atoms. The quantitative estimate of drug-likeness (QED) is 0.764. The number of nitrogens with two attached hydrogens (primary N) is 1. The van der Waals surface area contributed by atoms with Gasteiger partial charge in [0.25, 0.3) is 5.56 Å². The Morgan fingerprint density at radius 3 is 3.07 bits per heavy atom. The largest absolute Gasteiger partial charge is 0.330 e. The van der Waals surface area contributed by atoms with Crippen LogP contribution in [0.4, 0.5) is 0 Å². The Balaban J connectivity index is 2.57. The molecule has 4 heteroatoms. The number of hydrogen-bond acceptors (Lipinski definition) is 3. The fourth-order valence-corrected chi connectivity index (χ4v) is 1.50. The van der Waals surface area contributed by atoms with E-state index >= 15 is 0 Å². The highest BCUT2D eigenvalue weighted by Gasteiger charge is 2.04. The maximum atomic E-state index is 11.0. The molecule has 2 aromatic rings. The second-order valence-corrected chi connectivity index (χ2v) is 3.66. The maximum absolute atomic E-state index is 11.0. The van der Waals surface area contributed by atoms with Gasteiger partial charge in [0.2, 0.25) is 0 Å². The van der Waals surface area contributed by atoms with Gasteiger partial charge in [0.1, 0.15) is 0 Å². The van der Waals surface area contributed by atoms with Crippen molar-refractivity contribution in [1.29, 1.82) is 0 Å². The highest BCUT2D eigenvalue weighted by atomic mass is 16.1. The lowest BCUT2D eigenvalue weighted by molar-refractivity contribution is 0.775. The molecule has 1 atom stereocenters. The topological polar surface area (TPSA) is 71.8 Å². The molecule has 0 aliphatic carbocycles. The van der Waals surface area contributed by atoms with E-state index in [1.165, 1.54) is 6.20 Å². The number of hydrogen-bond donors (Lipinski definition) is 2. The lowest BCUT2D eigenvalue weighted by Gasteiger charge is -2.08. The molecule has 0 aliphatic rings. The third-order valence-electron chi connectivity index (χ3n) is 2.52. The molecule has 1 aromatic carbocycles. The molecule has 1 aromatic heterocycles. The Labute approximate surface area is 87.1 Å². The van der Waals surface area contributed by atoms with Crippen LogP contribution in [0.15, 0.2) is 29.2 Å². The van der Waals surface area contributed by atoms with Crippen molar-refractivity contribution in [1.82, 2.24) is 9.97 Å². The number of aromatic nitrogens is 2. The van der Waals surface area contributed by atoms with E-state index in [-0.39, 0.29) is 5.56 Å². The van der Waals surface area contributed by atoms with Crippen molar-refractivity contribution >= 4 is 11.0 Å². The minimum Gasteiger partial charge on any atom is -0.330 e. The number of aromatic amines is 1. The molecular formula is C11H13N3O. The average Bonchev–Trinajstić information content (AvgIpc) is 2.27. The number of rotatable bonds is 2. The second kappa shape index (κ2) is 3.82. The summed E-state index contributed by atoms with van der Waals surface area (Å²) in [4.78, 5) is 17.8. The summed E-state index contributed by atoms with van der Waals surface area (Å²) in [5, 5.41) is 0. The predicted octanol–water partition coefficient (Wildman–Crippen LogP) is 0.985. The number of benzene rings is 1. The van der Waals surface area contributed by atoms with Crippen LogP contribution in [-0.2, 0) is 0 Å². The van der Waals surface area contributed by atoms with Gasteiger partial charge in [-0.15, -0.1) is 0 Å². The standard InChI is InChI=1S/C11H13N3O/c1-7(5-12)8-2-3-9-10(4-8)13-6-11(15)14-9/h2-4,6-7H,5,12H2,1H3,(H,14,15). The summed E-state index contributed by atoms with van der Waals surface area (Å²) in [5.41, 5.74) is 8.12. The second-order valence-electron chi connectivity index (χ2n) is 3.66. The number of H-pyrrole nitrogens is 1. The van der Waals surface area contributed by atoms with Crippen molar-refractivity contribution in [3.63, 3.8) is 0 Å². The Bertz CT molecular complexity index is 533. The van der Waals surface area contributed by atoms with Crippen molar-refractivity contribution in [3.05, 3.63) is 40.3 Å². The Kier molecular flexibility index (Phi) is 2.51. The molecule has 3 N–H and O–H groups in total. The van der Waals surface area contributed by atoms with Gasteiger partial charge in [-0.3, -0.25) is 4.79 Å². The third kappa shape index (κ3) is 1.89. The summed E-state index contributed by atoms with van der Waals surface area (Å²) in [6.45, 7) is 2.67. The highest BCUT2D eigenvalue weighted by Crippen LogP contribution is 2.17. The van der Waals surface area contributed by atoms with Gasteiger partial charge >= 0.3 is 0 Å². The van der Waals surface area contributed by atoms with Crippen molar-refractivity contribution in [2.24, 2.45) is 5.73 Å². The molecule has 0 bridgehead atoms. The normalized spacial score (nSPS) is 12.9. The molecule has 2 rings (SSSR count). The average molecular weight is 203 g/mol. The van der Waals surface area contributed by atoms with Gasteiger partial charge in [0, 0.05) is 0 Å². The Morgan fingerprint density at radius 1 is 1.53 bits per heavy atom. The van der Waals surface area contributed by atoms with Crippen LogP contribution >= 0.6 is 0 Å². The summed E-state index contributed by atoms with van der Waals surface area (Å²) in [7, 11) is 0. The van der Waals surface area contributed by atoms with E-state index in [9.17, 15) is 4.79 Å². The van der Waals surface area contributed by atoms with E-state index in [1.807, 2.05) is 18.2 Å². The fraction of sp³-hybridized carbons (Fsp3) is 0.273. The van der Waals surface area contributed by atoms with Crippen LogP contribution in [0.3, 0.4) is 0 Å². The number of nitrogens with zero attached hydrogens (tertiary/aromatic N) is 1. The lowest BCUT2D eigenvalue weighted by Crippen LogP contribution is -2.09. The van der Waals surface area contributed by atoms with Crippen molar-refractivity contribution in [3.8, 4) is 0 Å². The molecule has 0 saturated heterocycles. The van der Waals surface area contributed by atoms with Crippen LogP contribution < -0.4 is 11.3 Å². The van der Waals surface area contributed by atoms with Gasteiger partial charge in [-0.2, -0.15) is 0 Å². The summed E-state index contributed by atoms with van der Waals surface area (Å²) in [6.07, 6.45) is 1.29. The molecule has 78 valence electrons. The molecule has 0 aliphatic heterocycles. The van der Waals surface area contributed by atoms with Crippen LogP contribution in [-0.4, -0.2) is 16.5 Å². The molecule has 0 saturated carbocycles. The van der Waals surface area contributed by atoms with Crippen LogP contribution in [0.2, 0.25) is 0 Å². The summed E-state index contributed by atoms with van der Waals surface area (Å²) < 4.78 is 0. The minimum absolute atomic E-state index is 0.179. The van der Waals surface area contributed by atoms with Crippen LogP contribution in [0.25, 0.3) is 11.0 Å². The first-order chi connectivity index (χ1) is 7.20. The van der Waals surface area contributed by atoms with Gasteiger partial charge in [-0.1, -0.05) is 13.0 Å². The first-order valence-electron chi connectivity index (χ1n) is 4.90. The van der Waals surface area contributed by atoms with Crippen molar-refractivity contribution < 1.29 is 0 Å². The zero-order valence-corrected chi connectivity index (χ0v) is 8.53. The van der Waals surface area contributed by atoms with Gasteiger partial charge in [-0.05, 0) is 30.2 Å². The predicted molar refractivity (Wildman–Crippen MR) is 59.8 cm³/mol. The van der Waals surface area contributed by atoms with E-state index in [2.05, 4.69) is 16.9 Å². The Hall–Kier alpha value is -1.68. The SMILES string of the molecule is CC(CN)c1ccc2[nH]c(=O)cnc2c1. The van der Waals surface area contributed by atoms with Crippen LogP contribution in [0, 0.1) is 0 Å². The van der Waals surface area contributed by atoms with E-state index in [1.54, 1.807) is 0 Å². The zero-order valence-electron chi connectivity index (χ0n) is 8.53. The Morgan fingerprint density at radius 2 is 2.33 bits per heavy atom. The minimum atomic E-state index is -0.179. The van der Waals surface area contributed by atoms with E-state index in [0.29, 0.717) is 12.5 Å². The molecule has 1 unspecified atom stereocenters. The first kappa shape index (κ1) is 9.86. The van der Waals surface area contributed by atoms with Crippen molar-refractivity contribution in [2.45, 2.75) is 12.8 Å². The lowest BCUT2D eigenvalue weighted by atomic mass is 10.0. The molecule has 4 nitrogen and oxygen atoms in total. The molecule has 0 fully saturated rings. The molecular weight excluding hydrogens is 190 g/mol. The first-order valence-corrected chi connectivity index (χ1v) is 4.90. The summed E-state index contributed by atoms with van der Waals surface area (Å²) in [5.74, 6) is 0.308. The fourth-order valence-electron chi connectivity index (χ4n) is 1.50. The summed E-state index contributed by atoms with van der Waals surface area (Å²) >= 11 is 0. The number of fused-ring (bicyclic) bond motifs is 1. The van der Waals surface area contributed by atoms with Gasteiger partial charge < -0.3 is 10.7 Å². The van der Waals surface area contributed by atoms with Gasteiger partial charge in [-0.25, -0.2) is 4.98 Å².